The lowest BCUT2D eigenvalue weighted by Crippen LogP contribution is -2.33. The molecule has 6 nitrogen and oxygen atoms in total. The molecule has 0 aliphatic carbocycles. The number of ether oxygens (including phenoxy) is 3. The molecule has 0 N–H and O–H groups in total. The van der Waals surface area contributed by atoms with Gasteiger partial charge in [0.1, 0.15) is 31.6 Å². The van der Waals surface area contributed by atoms with Crippen molar-refractivity contribution < 1.29 is 14.2 Å². The molecule has 0 radical (unpaired) electrons. The van der Waals surface area contributed by atoms with Crippen LogP contribution in [0.15, 0.2) is 61.2 Å². The van der Waals surface area contributed by atoms with Crippen molar-refractivity contribution in [2.75, 3.05) is 6.61 Å². The van der Waals surface area contributed by atoms with E-state index in [0.29, 0.717) is 19.8 Å². The summed E-state index contributed by atoms with van der Waals surface area (Å²) >= 11 is 0. The quantitative estimate of drug-likeness (QED) is 0.604. The number of nitrogens with zero attached hydrogens (tertiary/aromatic N) is 3. The van der Waals surface area contributed by atoms with Gasteiger partial charge in [0.15, 0.2) is 0 Å². The van der Waals surface area contributed by atoms with Crippen molar-refractivity contribution >= 4 is 0 Å². The lowest BCUT2D eigenvalue weighted by atomic mass is 9.87. The van der Waals surface area contributed by atoms with E-state index < -0.39 is 5.79 Å². The summed E-state index contributed by atoms with van der Waals surface area (Å²) in [6, 6.07) is 16.5. The highest BCUT2D eigenvalue weighted by Gasteiger charge is 2.42. The first kappa shape index (κ1) is 20.6. The van der Waals surface area contributed by atoms with E-state index in [4.69, 9.17) is 14.2 Å². The van der Waals surface area contributed by atoms with Gasteiger partial charge in [-0.3, -0.25) is 0 Å². The lowest BCUT2D eigenvalue weighted by molar-refractivity contribution is -0.186. The van der Waals surface area contributed by atoms with E-state index in [1.807, 2.05) is 31.2 Å². The maximum atomic E-state index is 6.16. The van der Waals surface area contributed by atoms with Crippen LogP contribution in [0.25, 0.3) is 0 Å². The molecule has 0 amide bonds. The van der Waals surface area contributed by atoms with Crippen molar-refractivity contribution in [2.24, 2.45) is 0 Å². The van der Waals surface area contributed by atoms with Crippen LogP contribution in [0.5, 0.6) is 5.75 Å². The van der Waals surface area contributed by atoms with E-state index in [0.717, 1.165) is 16.9 Å². The minimum Gasteiger partial charge on any atom is -0.489 e. The zero-order valence-electron chi connectivity index (χ0n) is 18.0. The fourth-order valence-electron chi connectivity index (χ4n) is 3.57. The fraction of sp³-hybridized carbons (Fsp3) is 0.417. The Bertz CT molecular complexity index is 947. The van der Waals surface area contributed by atoms with E-state index in [1.54, 1.807) is 11.0 Å². The van der Waals surface area contributed by atoms with Gasteiger partial charge in [0.2, 0.25) is 5.79 Å². The molecule has 1 aliphatic rings. The monoisotopic (exact) mass is 407 g/mol. The predicted molar refractivity (Wildman–Crippen MR) is 114 cm³/mol. The van der Waals surface area contributed by atoms with Gasteiger partial charge >= 0.3 is 0 Å². The van der Waals surface area contributed by atoms with Crippen molar-refractivity contribution in [2.45, 2.75) is 58.2 Å². The summed E-state index contributed by atoms with van der Waals surface area (Å²) in [4.78, 5) is 4.01. The first-order chi connectivity index (χ1) is 14.3. The van der Waals surface area contributed by atoms with Gasteiger partial charge in [-0.05, 0) is 47.7 Å². The van der Waals surface area contributed by atoms with Crippen LogP contribution in [0, 0.1) is 0 Å². The van der Waals surface area contributed by atoms with E-state index in [9.17, 15) is 0 Å². The second-order valence-corrected chi connectivity index (χ2v) is 8.85. The van der Waals surface area contributed by atoms with E-state index >= 15 is 0 Å². The SMILES string of the molecule is CC1COC(Cn2cncn2)(c2ccc(OCc3ccc(C(C)(C)C)cc3)cc2)O1. The summed E-state index contributed by atoms with van der Waals surface area (Å²) in [6.07, 6.45) is 3.19. The average Bonchev–Trinajstić information content (AvgIpc) is 3.37. The van der Waals surface area contributed by atoms with Gasteiger partial charge in [-0.15, -0.1) is 0 Å². The minimum absolute atomic E-state index is 0.0144. The molecule has 1 aliphatic heterocycles. The number of hydrogen-bond acceptors (Lipinski definition) is 5. The Hall–Kier alpha value is -2.70. The Morgan fingerprint density at radius 3 is 2.40 bits per heavy atom. The molecule has 2 unspecified atom stereocenters. The first-order valence-corrected chi connectivity index (χ1v) is 10.3. The third kappa shape index (κ3) is 4.55. The van der Waals surface area contributed by atoms with Crippen LogP contribution in [-0.4, -0.2) is 27.5 Å². The molecule has 2 aromatic carbocycles. The summed E-state index contributed by atoms with van der Waals surface area (Å²) in [5.41, 5.74) is 3.55. The van der Waals surface area contributed by atoms with Crippen molar-refractivity contribution in [3.63, 3.8) is 0 Å². The highest BCUT2D eigenvalue weighted by Crippen LogP contribution is 2.36. The number of rotatable bonds is 6. The third-order valence-electron chi connectivity index (χ3n) is 5.30. The average molecular weight is 408 g/mol. The van der Waals surface area contributed by atoms with Gasteiger partial charge in [-0.25, -0.2) is 9.67 Å². The van der Waals surface area contributed by atoms with Crippen LogP contribution >= 0.6 is 0 Å². The molecule has 2 heterocycles. The zero-order valence-corrected chi connectivity index (χ0v) is 18.0. The van der Waals surface area contributed by atoms with E-state index in [2.05, 4.69) is 55.1 Å². The van der Waals surface area contributed by atoms with Crippen LogP contribution in [-0.2, 0) is 33.8 Å². The van der Waals surface area contributed by atoms with Crippen LogP contribution in [0.1, 0.15) is 44.4 Å². The van der Waals surface area contributed by atoms with Crippen LogP contribution in [0.4, 0.5) is 0 Å². The Morgan fingerprint density at radius 1 is 1.10 bits per heavy atom. The van der Waals surface area contributed by atoms with Gasteiger partial charge in [0.05, 0.1) is 12.7 Å². The van der Waals surface area contributed by atoms with Crippen molar-refractivity contribution in [3.8, 4) is 5.75 Å². The minimum atomic E-state index is -0.867. The van der Waals surface area contributed by atoms with Gasteiger partial charge < -0.3 is 14.2 Å². The number of hydrogen-bond donors (Lipinski definition) is 0. The van der Waals surface area contributed by atoms with Crippen molar-refractivity contribution in [1.29, 1.82) is 0 Å². The molecule has 3 aromatic rings. The maximum Gasteiger partial charge on any atom is 0.215 e. The molecule has 4 rings (SSSR count). The van der Waals surface area contributed by atoms with Gasteiger partial charge in [-0.2, -0.15) is 5.10 Å². The standard InChI is InChI=1S/C24H29N3O3/c1-18-13-29-24(30-18,15-27-17-25-16-26-27)21-9-11-22(12-10-21)28-14-19-5-7-20(8-6-19)23(2,3)4/h5-12,16-18H,13-15H2,1-4H3. The molecule has 0 bridgehead atoms. The van der Waals surface area contributed by atoms with Gasteiger partial charge in [-0.1, -0.05) is 45.0 Å². The topological polar surface area (TPSA) is 58.4 Å². The lowest BCUT2D eigenvalue weighted by Gasteiger charge is -2.28. The van der Waals surface area contributed by atoms with E-state index in [-0.39, 0.29) is 11.5 Å². The van der Waals surface area contributed by atoms with Crippen LogP contribution < -0.4 is 4.74 Å². The predicted octanol–water partition coefficient (Wildman–Crippen LogP) is 4.44. The zero-order chi connectivity index (χ0) is 21.2. The summed E-state index contributed by atoms with van der Waals surface area (Å²) < 4.78 is 19.9. The highest BCUT2D eigenvalue weighted by molar-refractivity contribution is 5.31. The molecule has 158 valence electrons. The summed E-state index contributed by atoms with van der Waals surface area (Å²) in [5.74, 6) is -0.0605. The molecule has 1 saturated heterocycles. The normalized spacial score (nSPS) is 21.7. The van der Waals surface area contributed by atoms with Crippen LogP contribution in [0.3, 0.4) is 0 Å². The molecule has 30 heavy (non-hydrogen) atoms. The van der Waals surface area contributed by atoms with Gasteiger partial charge in [0, 0.05) is 5.56 Å². The third-order valence-corrected chi connectivity index (χ3v) is 5.30. The second-order valence-electron chi connectivity index (χ2n) is 8.85. The molecule has 2 atom stereocenters. The number of benzene rings is 2. The summed E-state index contributed by atoms with van der Waals surface area (Å²) in [5, 5.41) is 4.20. The molecule has 0 saturated carbocycles. The Balaban J connectivity index is 1.44. The highest BCUT2D eigenvalue weighted by atomic mass is 16.7. The molecule has 0 spiro atoms. The molecule has 1 fully saturated rings. The molecular weight excluding hydrogens is 378 g/mol. The molecule has 1 aromatic heterocycles. The largest absolute Gasteiger partial charge is 0.489 e. The van der Waals surface area contributed by atoms with E-state index in [1.165, 1.54) is 11.9 Å². The van der Waals surface area contributed by atoms with Gasteiger partial charge in [0.25, 0.3) is 0 Å². The number of aromatic nitrogens is 3. The summed E-state index contributed by atoms with van der Waals surface area (Å²) in [6.45, 7) is 10.2. The van der Waals surface area contributed by atoms with Crippen molar-refractivity contribution in [3.05, 3.63) is 77.9 Å². The molecular formula is C24H29N3O3. The first-order valence-electron chi connectivity index (χ1n) is 10.3. The van der Waals surface area contributed by atoms with Crippen molar-refractivity contribution in [1.82, 2.24) is 14.8 Å². The Morgan fingerprint density at radius 2 is 1.83 bits per heavy atom. The summed E-state index contributed by atoms with van der Waals surface area (Å²) in [7, 11) is 0. The maximum absolute atomic E-state index is 6.16. The Kier molecular flexibility index (Phi) is 5.62. The fourth-order valence-corrected chi connectivity index (χ4v) is 3.57. The molecule has 6 heteroatoms. The smallest absolute Gasteiger partial charge is 0.215 e. The van der Waals surface area contributed by atoms with Crippen LogP contribution in [0.2, 0.25) is 0 Å². The Labute approximate surface area is 177 Å². The second kappa shape index (κ2) is 8.20.